The van der Waals surface area contributed by atoms with Crippen LogP contribution >= 0.6 is 0 Å². The predicted octanol–water partition coefficient (Wildman–Crippen LogP) is 4.51. The average molecular weight is 444 g/mol. The molecule has 1 N–H and O–H groups in total. The number of nitrogens with zero attached hydrogens (tertiary/aromatic N) is 2. The molecule has 1 atom stereocenters. The zero-order valence-electron chi connectivity index (χ0n) is 18.5. The maximum Gasteiger partial charge on any atom is 0.258 e. The van der Waals surface area contributed by atoms with Crippen LogP contribution in [-0.2, 0) is 11.8 Å². The van der Waals surface area contributed by atoms with E-state index in [4.69, 9.17) is 14.2 Å². The molecule has 168 valence electrons. The van der Waals surface area contributed by atoms with Gasteiger partial charge in [-0.1, -0.05) is 30.3 Å². The zero-order chi connectivity index (χ0) is 23.0. The van der Waals surface area contributed by atoms with Crippen LogP contribution in [0.1, 0.15) is 17.4 Å². The van der Waals surface area contributed by atoms with Gasteiger partial charge in [-0.15, -0.1) is 0 Å². The van der Waals surface area contributed by atoms with Crippen molar-refractivity contribution in [3.63, 3.8) is 0 Å². The van der Waals surface area contributed by atoms with Gasteiger partial charge in [-0.25, -0.2) is 4.98 Å². The summed E-state index contributed by atoms with van der Waals surface area (Å²) in [7, 11) is 3.49. The number of rotatable bonds is 9. The van der Waals surface area contributed by atoms with E-state index >= 15 is 0 Å². The molecule has 0 fully saturated rings. The number of hydrogen-bond acceptors (Lipinski definition) is 5. The standard InChI is InChI=1S/C26H25N3O4/c1-29-16-15-27-26(29)25(19-7-6-10-23(17-19)31-2)28-24(30)18-32-20-11-13-22(14-12-20)33-21-8-4-3-5-9-21/h3-17,25H,18H2,1-2H3,(H,28,30). The molecule has 3 aromatic carbocycles. The molecule has 7 nitrogen and oxygen atoms in total. The van der Waals surface area contributed by atoms with Crippen LogP contribution in [0.4, 0.5) is 0 Å². The van der Waals surface area contributed by atoms with Gasteiger partial charge in [-0.3, -0.25) is 4.79 Å². The molecule has 33 heavy (non-hydrogen) atoms. The molecule has 0 spiro atoms. The van der Waals surface area contributed by atoms with Crippen LogP contribution in [0.3, 0.4) is 0 Å². The molecule has 0 aliphatic carbocycles. The van der Waals surface area contributed by atoms with Gasteiger partial charge < -0.3 is 24.1 Å². The van der Waals surface area contributed by atoms with Crippen molar-refractivity contribution >= 4 is 5.91 Å². The minimum absolute atomic E-state index is 0.135. The zero-order valence-corrected chi connectivity index (χ0v) is 18.5. The minimum atomic E-state index is -0.446. The quantitative estimate of drug-likeness (QED) is 0.412. The smallest absolute Gasteiger partial charge is 0.258 e. The number of imidazole rings is 1. The number of para-hydroxylation sites is 1. The largest absolute Gasteiger partial charge is 0.497 e. The van der Waals surface area contributed by atoms with Crippen LogP contribution in [0.15, 0.2) is 91.3 Å². The average Bonchev–Trinajstić information content (AvgIpc) is 3.28. The number of aromatic nitrogens is 2. The highest BCUT2D eigenvalue weighted by atomic mass is 16.5. The van der Waals surface area contributed by atoms with Crippen molar-refractivity contribution in [2.45, 2.75) is 6.04 Å². The molecule has 4 aromatic rings. The summed E-state index contributed by atoms with van der Waals surface area (Å²) in [5, 5.41) is 3.01. The van der Waals surface area contributed by atoms with Crippen molar-refractivity contribution in [3.8, 4) is 23.0 Å². The van der Waals surface area contributed by atoms with Crippen LogP contribution in [0.5, 0.6) is 23.0 Å². The topological polar surface area (TPSA) is 74.6 Å². The number of carbonyl (C=O) groups is 1. The maximum absolute atomic E-state index is 12.7. The first-order valence-electron chi connectivity index (χ1n) is 10.5. The Bertz CT molecular complexity index is 1190. The van der Waals surface area contributed by atoms with Crippen molar-refractivity contribution in [2.75, 3.05) is 13.7 Å². The van der Waals surface area contributed by atoms with Gasteiger partial charge in [0.15, 0.2) is 6.61 Å². The summed E-state index contributed by atoms with van der Waals surface area (Å²) in [5.41, 5.74) is 0.861. The molecule has 7 heteroatoms. The third-order valence-corrected chi connectivity index (χ3v) is 5.02. The molecule has 1 amide bonds. The van der Waals surface area contributed by atoms with Crippen LogP contribution in [0.25, 0.3) is 0 Å². The van der Waals surface area contributed by atoms with E-state index < -0.39 is 6.04 Å². The molecular weight excluding hydrogens is 418 g/mol. The molecule has 0 bridgehead atoms. The second-order valence-electron chi connectivity index (χ2n) is 7.35. The molecule has 0 aliphatic heterocycles. The number of carbonyl (C=O) groups excluding carboxylic acids is 1. The first-order valence-corrected chi connectivity index (χ1v) is 10.5. The second kappa shape index (κ2) is 10.4. The monoisotopic (exact) mass is 443 g/mol. The van der Waals surface area contributed by atoms with Gasteiger partial charge in [0.2, 0.25) is 0 Å². The van der Waals surface area contributed by atoms with Gasteiger partial charge in [0.1, 0.15) is 34.9 Å². The van der Waals surface area contributed by atoms with Crippen molar-refractivity contribution < 1.29 is 19.0 Å². The lowest BCUT2D eigenvalue weighted by Crippen LogP contribution is -2.34. The fourth-order valence-electron chi connectivity index (χ4n) is 3.35. The molecule has 0 saturated heterocycles. The summed E-state index contributed by atoms with van der Waals surface area (Å²) in [6, 6.07) is 23.8. The number of benzene rings is 3. The number of ether oxygens (including phenoxy) is 3. The predicted molar refractivity (Wildman–Crippen MR) is 125 cm³/mol. The summed E-state index contributed by atoms with van der Waals surface area (Å²) in [5.74, 6) is 3.15. The summed E-state index contributed by atoms with van der Waals surface area (Å²) in [6.07, 6.45) is 3.54. The first kappa shape index (κ1) is 22.0. The lowest BCUT2D eigenvalue weighted by molar-refractivity contribution is -0.123. The third-order valence-electron chi connectivity index (χ3n) is 5.02. The first-order chi connectivity index (χ1) is 16.1. The molecule has 1 heterocycles. The fourth-order valence-corrected chi connectivity index (χ4v) is 3.35. The molecular formula is C26H25N3O4. The van der Waals surface area contributed by atoms with Crippen molar-refractivity contribution in [3.05, 3.63) is 103 Å². The van der Waals surface area contributed by atoms with Gasteiger partial charge in [0.05, 0.1) is 7.11 Å². The van der Waals surface area contributed by atoms with E-state index in [9.17, 15) is 4.79 Å². The lowest BCUT2D eigenvalue weighted by atomic mass is 10.1. The number of hydrogen-bond donors (Lipinski definition) is 1. The summed E-state index contributed by atoms with van der Waals surface area (Å²) in [6.45, 7) is -0.135. The van der Waals surface area contributed by atoms with Crippen LogP contribution < -0.4 is 19.5 Å². The van der Waals surface area contributed by atoms with E-state index in [1.807, 2.05) is 72.4 Å². The van der Waals surface area contributed by atoms with Crippen molar-refractivity contribution in [1.29, 1.82) is 0 Å². The Kier molecular flexibility index (Phi) is 6.90. The SMILES string of the molecule is COc1cccc(C(NC(=O)COc2ccc(Oc3ccccc3)cc2)c2nccn2C)c1. The lowest BCUT2D eigenvalue weighted by Gasteiger charge is -2.20. The van der Waals surface area contributed by atoms with Crippen LogP contribution in [-0.4, -0.2) is 29.2 Å². The summed E-state index contributed by atoms with van der Waals surface area (Å²) >= 11 is 0. The molecule has 0 radical (unpaired) electrons. The Balaban J connectivity index is 1.40. The number of nitrogens with one attached hydrogen (secondary N) is 1. The van der Waals surface area contributed by atoms with Gasteiger partial charge >= 0.3 is 0 Å². The van der Waals surface area contributed by atoms with Gasteiger partial charge in [0.25, 0.3) is 5.91 Å². The third kappa shape index (κ3) is 5.71. The normalized spacial score (nSPS) is 11.5. The van der Waals surface area contributed by atoms with E-state index in [0.29, 0.717) is 23.1 Å². The minimum Gasteiger partial charge on any atom is -0.497 e. The van der Waals surface area contributed by atoms with E-state index in [1.165, 1.54) is 0 Å². The van der Waals surface area contributed by atoms with Gasteiger partial charge in [-0.05, 0) is 54.1 Å². The molecule has 0 saturated carbocycles. The van der Waals surface area contributed by atoms with E-state index in [-0.39, 0.29) is 12.5 Å². The molecule has 1 aromatic heterocycles. The second-order valence-corrected chi connectivity index (χ2v) is 7.35. The highest BCUT2D eigenvalue weighted by Gasteiger charge is 2.21. The Hall–Kier alpha value is -4.26. The van der Waals surface area contributed by atoms with Crippen molar-refractivity contribution in [2.24, 2.45) is 7.05 Å². The highest BCUT2D eigenvalue weighted by Crippen LogP contribution is 2.25. The highest BCUT2D eigenvalue weighted by molar-refractivity contribution is 5.78. The van der Waals surface area contributed by atoms with E-state index in [0.717, 1.165) is 11.3 Å². The Morgan fingerprint density at radius 2 is 1.64 bits per heavy atom. The van der Waals surface area contributed by atoms with E-state index in [2.05, 4.69) is 10.3 Å². The Labute approximate surface area is 192 Å². The number of amides is 1. The van der Waals surface area contributed by atoms with Gasteiger partial charge in [0, 0.05) is 19.4 Å². The Morgan fingerprint density at radius 1 is 0.939 bits per heavy atom. The van der Waals surface area contributed by atoms with Crippen molar-refractivity contribution in [1.82, 2.24) is 14.9 Å². The molecule has 0 aliphatic rings. The maximum atomic E-state index is 12.7. The Morgan fingerprint density at radius 3 is 2.33 bits per heavy atom. The van der Waals surface area contributed by atoms with Crippen LogP contribution in [0.2, 0.25) is 0 Å². The number of aryl methyl sites for hydroxylation is 1. The van der Waals surface area contributed by atoms with Crippen LogP contribution in [0, 0.1) is 0 Å². The summed E-state index contributed by atoms with van der Waals surface area (Å²) in [4.78, 5) is 17.2. The van der Waals surface area contributed by atoms with Gasteiger partial charge in [-0.2, -0.15) is 0 Å². The van der Waals surface area contributed by atoms with E-state index in [1.54, 1.807) is 37.6 Å². The number of methoxy groups -OCH3 is 1. The summed E-state index contributed by atoms with van der Waals surface area (Å²) < 4.78 is 18.7. The molecule has 4 rings (SSSR count). The fraction of sp³-hybridized carbons (Fsp3) is 0.154. The molecule has 1 unspecified atom stereocenters.